The molecule has 0 unspecified atom stereocenters. The number of nitrogens with zero attached hydrogens (tertiary/aromatic N) is 3. The van der Waals surface area contributed by atoms with Crippen molar-refractivity contribution in [1.82, 2.24) is 20.6 Å². The predicted octanol–water partition coefficient (Wildman–Crippen LogP) is -0.322. The summed E-state index contributed by atoms with van der Waals surface area (Å²) >= 11 is 0. The molecular weight excluding hydrogens is 334 g/mol. The van der Waals surface area contributed by atoms with E-state index in [1.54, 1.807) is 0 Å². The first-order valence-corrected chi connectivity index (χ1v) is 3.17. The fraction of sp³-hybridized carbons (Fsp3) is 0. The van der Waals surface area contributed by atoms with Crippen molar-refractivity contribution in [2.45, 2.75) is 0 Å². The van der Waals surface area contributed by atoms with Gasteiger partial charge in [0.1, 0.15) is 0 Å². The Hall–Kier alpha value is -1.13. The van der Waals surface area contributed by atoms with Crippen LogP contribution < -0.4 is 4.98 Å². The zero-order chi connectivity index (χ0) is 7.52. The minimum Gasteiger partial charge on any atom is -0.208 e. The fourth-order valence-electron chi connectivity index (χ4n) is 0.808. The molecule has 0 bridgehead atoms. The van der Waals surface area contributed by atoms with Crippen molar-refractivity contribution in [3.8, 4) is 11.5 Å². The molecule has 2 aromatic heterocycles. The second-order valence-electron chi connectivity index (χ2n) is 2.01. The molecular formula is C6H6IrN5+4. The average molecular weight is 340 g/mol. The van der Waals surface area contributed by atoms with Crippen molar-refractivity contribution in [3.05, 3.63) is 24.4 Å². The maximum Gasteiger partial charge on any atom is 3.00 e. The van der Waals surface area contributed by atoms with Crippen LogP contribution >= 0.6 is 0 Å². The van der Waals surface area contributed by atoms with Gasteiger partial charge in [-0.25, -0.2) is 4.98 Å². The van der Waals surface area contributed by atoms with Crippen molar-refractivity contribution in [1.29, 1.82) is 0 Å². The third-order valence-electron chi connectivity index (χ3n) is 1.30. The van der Waals surface area contributed by atoms with Crippen LogP contribution in [0.5, 0.6) is 0 Å². The van der Waals surface area contributed by atoms with Crippen LogP contribution in [0.15, 0.2) is 24.4 Å². The third kappa shape index (κ3) is 1.72. The summed E-state index contributed by atoms with van der Waals surface area (Å²) in [5.74, 6) is 0.575. The Morgan fingerprint density at radius 1 is 1.33 bits per heavy atom. The van der Waals surface area contributed by atoms with Crippen molar-refractivity contribution < 1.29 is 25.1 Å². The van der Waals surface area contributed by atoms with Crippen molar-refractivity contribution in [2.24, 2.45) is 0 Å². The van der Waals surface area contributed by atoms with Crippen LogP contribution in [-0.4, -0.2) is 20.6 Å². The molecule has 0 aliphatic rings. The van der Waals surface area contributed by atoms with Crippen LogP contribution in [0.3, 0.4) is 0 Å². The second kappa shape index (κ2) is 4.04. The molecule has 0 saturated heterocycles. The van der Waals surface area contributed by atoms with Gasteiger partial charge in [-0.3, -0.25) is 0 Å². The molecule has 5 nitrogen and oxygen atoms in total. The monoisotopic (exact) mass is 341 g/mol. The van der Waals surface area contributed by atoms with Crippen molar-refractivity contribution >= 4 is 0 Å². The van der Waals surface area contributed by atoms with Crippen LogP contribution in [0.4, 0.5) is 0 Å². The van der Waals surface area contributed by atoms with E-state index >= 15 is 0 Å². The summed E-state index contributed by atoms with van der Waals surface area (Å²) < 4.78 is 0. The number of hydrogen-bond donors (Lipinski definition) is 1. The van der Waals surface area contributed by atoms with Gasteiger partial charge in [0.2, 0.25) is 0 Å². The quantitative estimate of drug-likeness (QED) is 0.774. The Morgan fingerprint density at radius 3 is 2.83 bits per heavy atom. The number of aromatic amines is 2. The van der Waals surface area contributed by atoms with Crippen LogP contribution in [0, 0.1) is 0 Å². The van der Waals surface area contributed by atoms with Gasteiger partial charge in [0.15, 0.2) is 6.20 Å². The van der Waals surface area contributed by atoms with Gasteiger partial charge in [0.25, 0.3) is 11.5 Å². The smallest absolute Gasteiger partial charge is 0.208 e. The Labute approximate surface area is 82.0 Å². The molecule has 0 aliphatic carbocycles. The largest absolute Gasteiger partial charge is 3.00 e. The maximum absolute atomic E-state index is 3.81. The Morgan fingerprint density at radius 2 is 2.25 bits per heavy atom. The zero-order valence-electron chi connectivity index (χ0n) is 5.98. The topological polar surface area (TPSA) is 68.6 Å². The summed E-state index contributed by atoms with van der Waals surface area (Å²) in [5.41, 5.74) is 0.848. The summed E-state index contributed by atoms with van der Waals surface area (Å²) in [6.07, 6.45) is 1.81. The normalized spacial score (nSPS) is 9.00. The first kappa shape index (κ1) is 8.96. The molecule has 2 heterocycles. The molecule has 0 aromatic carbocycles. The molecule has 0 radical (unpaired) electrons. The standard InChI is InChI=1S/C6H5N5.Ir/c1-2-4-7-5(3-1)6-8-10-11-9-6;/h1-4H,(H,8,9,10,11);/q;+3/p+1. The van der Waals surface area contributed by atoms with Crippen LogP contribution in [0.1, 0.15) is 0 Å². The van der Waals surface area contributed by atoms with Crippen molar-refractivity contribution in [3.63, 3.8) is 0 Å². The maximum atomic E-state index is 3.81. The summed E-state index contributed by atoms with van der Waals surface area (Å²) in [4.78, 5) is 2.99. The van der Waals surface area contributed by atoms with E-state index in [0.29, 0.717) is 5.82 Å². The molecule has 0 fully saturated rings. The summed E-state index contributed by atoms with van der Waals surface area (Å²) in [5, 5.41) is 13.4. The van der Waals surface area contributed by atoms with E-state index in [2.05, 4.69) is 25.6 Å². The number of nitrogens with one attached hydrogen (secondary N) is 2. The van der Waals surface area contributed by atoms with Gasteiger partial charge >= 0.3 is 20.1 Å². The number of tetrazole rings is 1. The van der Waals surface area contributed by atoms with Crippen LogP contribution in [0.2, 0.25) is 0 Å². The minimum absolute atomic E-state index is 0. The van der Waals surface area contributed by atoms with E-state index in [1.807, 2.05) is 24.4 Å². The summed E-state index contributed by atoms with van der Waals surface area (Å²) in [7, 11) is 0. The van der Waals surface area contributed by atoms with Gasteiger partial charge in [-0.2, -0.15) is 5.21 Å². The first-order valence-electron chi connectivity index (χ1n) is 3.17. The van der Waals surface area contributed by atoms with E-state index in [-0.39, 0.29) is 20.1 Å². The van der Waals surface area contributed by atoms with E-state index in [4.69, 9.17) is 0 Å². The van der Waals surface area contributed by atoms with E-state index in [1.165, 1.54) is 0 Å². The number of rotatable bonds is 1. The average Bonchev–Trinajstić information content (AvgIpc) is 2.58. The van der Waals surface area contributed by atoms with Gasteiger partial charge in [0, 0.05) is 12.1 Å². The minimum atomic E-state index is 0. The molecule has 0 aliphatic heterocycles. The molecule has 2 N–H and O–H groups in total. The number of H-pyrrole nitrogens is 2. The van der Waals surface area contributed by atoms with Crippen LogP contribution in [-0.2, 0) is 20.1 Å². The molecule has 0 spiro atoms. The Kier molecular flexibility index (Phi) is 3.01. The first-order chi connectivity index (χ1) is 5.47. The predicted molar refractivity (Wildman–Crippen MR) is 36.2 cm³/mol. The molecule has 60 valence electrons. The van der Waals surface area contributed by atoms with E-state index in [9.17, 15) is 0 Å². The van der Waals surface area contributed by atoms with Crippen molar-refractivity contribution in [2.75, 3.05) is 0 Å². The van der Waals surface area contributed by atoms with Gasteiger partial charge in [-0.05, 0) is 11.3 Å². The number of pyridine rings is 1. The second-order valence-corrected chi connectivity index (χ2v) is 2.01. The molecule has 0 amide bonds. The van der Waals surface area contributed by atoms with Gasteiger partial charge in [-0.1, -0.05) is 0 Å². The SMILES string of the molecule is [Ir+3].c1ccc(-c2nn[nH]n2)[nH+]c1. The molecule has 2 rings (SSSR count). The molecule has 0 atom stereocenters. The molecule has 2 aromatic rings. The van der Waals surface area contributed by atoms with E-state index in [0.717, 1.165) is 5.69 Å². The molecule has 0 saturated carbocycles. The Balaban J connectivity index is 0.000000720. The molecule has 6 heteroatoms. The van der Waals surface area contributed by atoms with Gasteiger partial charge < -0.3 is 0 Å². The number of hydrogen-bond acceptors (Lipinski definition) is 3. The van der Waals surface area contributed by atoms with Gasteiger partial charge in [0.05, 0.1) is 0 Å². The van der Waals surface area contributed by atoms with Gasteiger partial charge in [-0.15, -0.1) is 10.2 Å². The summed E-state index contributed by atoms with van der Waals surface area (Å²) in [6, 6.07) is 5.68. The summed E-state index contributed by atoms with van der Waals surface area (Å²) in [6.45, 7) is 0. The Bertz CT molecular complexity index is 319. The molecule has 12 heavy (non-hydrogen) atoms. The van der Waals surface area contributed by atoms with Crippen LogP contribution in [0.25, 0.3) is 11.5 Å². The third-order valence-corrected chi connectivity index (χ3v) is 1.30. The van der Waals surface area contributed by atoms with E-state index < -0.39 is 0 Å². The fourth-order valence-corrected chi connectivity index (χ4v) is 0.808. The zero-order valence-corrected chi connectivity index (χ0v) is 8.38. The number of aromatic nitrogens is 5.